The maximum Gasteiger partial charge on any atom is 0.0577 e. The summed E-state index contributed by atoms with van der Waals surface area (Å²) < 4.78 is 0. The van der Waals surface area contributed by atoms with E-state index >= 15 is 0 Å². The van der Waals surface area contributed by atoms with Crippen molar-refractivity contribution in [3.05, 3.63) is 11.6 Å². The van der Waals surface area contributed by atoms with Gasteiger partial charge in [-0.25, -0.2) is 0 Å². The first-order valence-electron chi connectivity index (χ1n) is 13.2. The molecule has 0 aromatic carbocycles. The summed E-state index contributed by atoms with van der Waals surface area (Å²) in [5.41, 5.74) is 2.62. The molecule has 0 heterocycles. The van der Waals surface area contributed by atoms with Crippen LogP contribution >= 0.6 is 0 Å². The summed E-state index contributed by atoms with van der Waals surface area (Å²) >= 11 is 0. The fourth-order valence-electron chi connectivity index (χ4n) is 8.86. The van der Waals surface area contributed by atoms with Crippen LogP contribution in [0.3, 0.4) is 0 Å². The van der Waals surface area contributed by atoms with Gasteiger partial charge in [0, 0.05) is 0 Å². The molecule has 2 unspecified atom stereocenters. The summed E-state index contributed by atoms with van der Waals surface area (Å²) in [6, 6.07) is 0. The highest BCUT2D eigenvalue weighted by Gasteiger charge is 2.58. The van der Waals surface area contributed by atoms with Crippen molar-refractivity contribution < 1.29 is 5.11 Å². The van der Waals surface area contributed by atoms with Crippen LogP contribution in [0.1, 0.15) is 112 Å². The second-order valence-corrected chi connectivity index (χ2v) is 12.3. The molecule has 8 atom stereocenters. The van der Waals surface area contributed by atoms with Gasteiger partial charge in [0.15, 0.2) is 0 Å². The summed E-state index contributed by atoms with van der Waals surface area (Å²) in [5.74, 6) is 5.52. The van der Waals surface area contributed by atoms with Gasteiger partial charge in [0.05, 0.1) is 6.10 Å². The number of rotatable bonds is 6. The fraction of sp³-hybridized carbons (Fsp3) is 0.929. The quantitative estimate of drug-likeness (QED) is 0.451. The van der Waals surface area contributed by atoms with Gasteiger partial charge in [-0.1, -0.05) is 65.5 Å². The smallest absolute Gasteiger partial charge is 0.0577 e. The van der Waals surface area contributed by atoms with E-state index in [9.17, 15) is 5.11 Å². The van der Waals surface area contributed by atoms with E-state index in [1.165, 1.54) is 64.2 Å². The normalized spacial score (nSPS) is 45.3. The minimum Gasteiger partial charge on any atom is -0.393 e. The lowest BCUT2D eigenvalue weighted by atomic mass is 9.47. The molecule has 1 N–H and O–H groups in total. The average Bonchev–Trinajstić information content (AvgIpc) is 3.02. The lowest BCUT2D eigenvalue weighted by Crippen LogP contribution is -2.50. The third kappa shape index (κ3) is 3.77. The molecule has 0 radical (unpaired) electrons. The van der Waals surface area contributed by atoms with E-state index in [-0.39, 0.29) is 6.10 Å². The van der Waals surface area contributed by atoms with E-state index in [0.29, 0.717) is 10.8 Å². The molecule has 166 valence electrons. The van der Waals surface area contributed by atoms with Gasteiger partial charge >= 0.3 is 0 Å². The predicted octanol–water partition coefficient (Wildman–Crippen LogP) is 7.78. The maximum absolute atomic E-state index is 10.2. The van der Waals surface area contributed by atoms with Crippen LogP contribution in [0.25, 0.3) is 0 Å². The van der Waals surface area contributed by atoms with Crippen molar-refractivity contribution in [2.24, 2.45) is 46.3 Å². The van der Waals surface area contributed by atoms with Crippen molar-refractivity contribution in [2.45, 2.75) is 118 Å². The Bertz CT molecular complexity index is 605. The first-order valence-corrected chi connectivity index (χ1v) is 13.2. The second kappa shape index (κ2) is 8.33. The average molecular weight is 401 g/mol. The van der Waals surface area contributed by atoms with Gasteiger partial charge in [0.1, 0.15) is 0 Å². The third-order valence-electron chi connectivity index (χ3n) is 10.9. The Morgan fingerprint density at radius 1 is 1.07 bits per heavy atom. The number of fused-ring (bicyclic) bond motifs is 5. The molecule has 4 rings (SSSR count). The Kier molecular flexibility index (Phi) is 6.29. The zero-order valence-corrected chi connectivity index (χ0v) is 20.1. The van der Waals surface area contributed by atoms with Crippen molar-refractivity contribution in [1.82, 2.24) is 0 Å². The SMILES string of the molecule is CC[C@H](CCC[C@H]1CCC2[C@@H]3CC=C4C[C@@H](O)CC[C@]4(C)C3CC[C@@]21C)C(C)C. The Morgan fingerprint density at radius 3 is 2.59 bits per heavy atom. The Balaban J connectivity index is 1.43. The van der Waals surface area contributed by atoms with Crippen molar-refractivity contribution >= 4 is 0 Å². The zero-order chi connectivity index (χ0) is 20.8. The molecule has 0 saturated heterocycles. The molecule has 1 heteroatoms. The first-order chi connectivity index (χ1) is 13.8. The molecule has 4 aliphatic carbocycles. The summed E-state index contributed by atoms with van der Waals surface area (Å²) in [5, 5.41) is 10.2. The van der Waals surface area contributed by atoms with Crippen molar-refractivity contribution in [3.8, 4) is 0 Å². The lowest BCUT2D eigenvalue weighted by molar-refractivity contribution is -0.0510. The van der Waals surface area contributed by atoms with Crippen LogP contribution in [0.2, 0.25) is 0 Å². The van der Waals surface area contributed by atoms with E-state index < -0.39 is 0 Å². The van der Waals surface area contributed by atoms with Crippen LogP contribution in [-0.2, 0) is 0 Å². The molecule has 4 aliphatic rings. The summed E-state index contributed by atoms with van der Waals surface area (Å²) in [7, 11) is 0. The standard InChI is InChI=1S/C28H48O/c1-6-20(19(2)3)8-7-9-21-11-13-25-24-12-10-22-18-23(29)14-16-28(22,5)26(24)15-17-27(21,25)4/h10,19-21,23-26,29H,6-9,11-18H2,1-5H3/t20-,21+,23+,24+,25?,26?,27-,28+/m1/s1. The second-order valence-electron chi connectivity index (χ2n) is 12.3. The summed E-state index contributed by atoms with van der Waals surface area (Å²) in [6.07, 6.45) is 18.7. The third-order valence-corrected chi connectivity index (χ3v) is 10.9. The highest BCUT2D eigenvalue weighted by atomic mass is 16.3. The Labute approximate surface area is 181 Å². The van der Waals surface area contributed by atoms with Crippen molar-refractivity contribution in [2.75, 3.05) is 0 Å². The number of hydrogen-bond acceptors (Lipinski definition) is 1. The topological polar surface area (TPSA) is 20.2 Å². The highest BCUT2D eigenvalue weighted by molar-refractivity contribution is 5.25. The molecule has 3 fully saturated rings. The van der Waals surface area contributed by atoms with Crippen LogP contribution in [0, 0.1) is 46.3 Å². The molecule has 0 aliphatic heterocycles. The van der Waals surface area contributed by atoms with Gasteiger partial charge in [-0.3, -0.25) is 0 Å². The molecule has 0 aromatic rings. The lowest BCUT2D eigenvalue weighted by Gasteiger charge is -2.58. The molecule has 0 amide bonds. The molecular formula is C28H48O. The molecule has 3 saturated carbocycles. The molecule has 0 spiro atoms. The number of aliphatic hydroxyl groups is 1. The highest BCUT2D eigenvalue weighted by Crippen LogP contribution is 2.66. The van der Waals surface area contributed by atoms with Gasteiger partial charge < -0.3 is 5.11 Å². The van der Waals surface area contributed by atoms with Crippen LogP contribution < -0.4 is 0 Å². The Hall–Kier alpha value is -0.300. The number of aliphatic hydroxyl groups excluding tert-OH is 1. The van der Waals surface area contributed by atoms with Gasteiger partial charge in [-0.2, -0.15) is 0 Å². The van der Waals surface area contributed by atoms with Crippen LogP contribution in [-0.4, -0.2) is 11.2 Å². The van der Waals surface area contributed by atoms with Crippen LogP contribution in [0.5, 0.6) is 0 Å². The Morgan fingerprint density at radius 2 is 1.86 bits per heavy atom. The zero-order valence-electron chi connectivity index (χ0n) is 20.1. The van der Waals surface area contributed by atoms with Crippen LogP contribution in [0.15, 0.2) is 11.6 Å². The molecule has 0 bridgehead atoms. The fourth-order valence-corrected chi connectivity index (χ4v) is 8.86. The van der Waals surface area contributed by atoms with Crippen LogP contribution in [0.4, 0.5) is 0 Å². The van der Waals surface area contributed by atoms with Crippen molar-refractivity contribution in [1.29, 1.82) is 0 Å². The number of allylic oxidation sites excluding steroid dienone is 1. The summed E-state index contributed by atoms with van der Waals surface area (Å²) in [6.45, 7) is 12.5. The molecule has 0 aromatic heterocycles. The van der Waals surface area contributed by atoms with Gasteiger partial charge in [-0.15, -0.1) is 0 Å². The number of hydrogen-bond donors (Lipinski definition) is 1. The minimum absolute atomic E-state index is 0.0756. The van der Waals surface area contributed by atoms with Gasteiger partial charge in [0.2, 0.25) is 0 Å². The molecular weight excluding hydrogens is 352 g/mol. The predicted molar refractivity (Wildman–Crippen MR) is 124 cm³/mol. The van der Waals surface area contributed by atoms with E-state index in [2.05, 4.69) is 40.7 Å². The largest absolute Gasteiger partial charge is 0.393 e. The maximum atomic E-state index is 10.2. The minimum atomic E-state index is -0.0756. The molecule has 29 heavy (non-hydrogen) atoms. The monoisotopic (exact) mass is 400 g/mol. The van der Waals surface area contributed by atoms with Gasteiger partial charge in [-0.05, 0) is 104 Å². The van der Waals surface area contributed by atoms with Crippen molar-refractivity contribution in [3.63, 3.8) is 0 Å². The van der Waals surface area contributed by atoms with Gasteiger partial charge in [0.25, 0.3) is 0 Å². The van der Waals surface area contributed by atoms with E-state index in [1.54, 1.807) is 5.57 Å². The molecule has 1 nitrogen and oxygen atoms in total. The van der Waals surface area contributed by atoms with E-state index in [4.69, 9.17) is 0 Å². The van der Waals surface area contributed by atoms with E-state index in [0.717, 1.165) is 48.3 Å². The first kappa shape index (κ1) is 21.9. The van der Waals surface area contributed by atoms with E-state index in [1.807, 2.05) is 0 Å². The summed E-state index contributed by atoms with van der Waals surface area (Å²) in [4.78, 5) is 0.